The molecule has 1 aliphatic carbocycles. The number of fused-ring (bicyclic) bond motifs is 5. The molecule has 0 spiro atoms. The molecule has 3 aliphatic rings. The molecule has 0 aromatic rings. The third-order valence-electron chi connectivity index (χ3n) is 7.40. The molecule has 0 radical (unpaired) electrons. The topological polar surface area (TPSA) is 96.2 Å². The number of rotatable bonds is 2. The smallest absolute Gasteiger partial charge is 0.303 e. The van der Waals surface area contributed by atoms with E-state index < -0.39 is 41.1 Å². The minimum absolute atomic E-state index is 0.0591. The Morgan fingerprint density at radius 2 is 1.89 bits per heavy atom. The molecular weight excluding hydrogens is 360 g/mol. The first kappa shape index (κ1) is 21.8. The minimum Gasteiger partial charge on any atom is -0.459 e. The summed E-state index contributed by atoms with van der Waals surface area (Å²) in [7, 11) is 0. The number of aliphatic hydroxyl groups excluding tert-OH is 1. The van der Waals surface area contributed by atoms with Gasteiger partial charge in [0.1, 0.15) is 5.60 Å². The van der Waals surface area contributed by atoms with Gasteiger partial charge in [0.2, 0.25) is 0 Å². The summed E-state index contributed by atoms with van der Waals surface area (Å²) in [6.45, 7) is 13.2. The summed E-state index contributed by atoms with van der Waals surface area (Å²) in [6, 6.07) is 0. The van der Waals surface area contributed by atoms with Crippen LogP contribution < -0.4 is 0 Å². The van der Waals surface area contributed by atoms with Crippen molar-refractivity contribution in [2.24, 2.45) is 23.7 Å². The van der Waals surface area contributed by atoms with Gasteiger partial charge in [-0.15, -0.1) is 0 Å². The van der Waals surface area contributed by atoms with Crippen molar-refractivity contribution < 1.29 is 29.6 Å². The van der Waals surface area contributed by atoms with Crippen molar-refractivity contribution in [2.75, 3.05) is 0 Å². The second-order valence-electron chi connectivity index (χ2n) is 10.0. The molecule has 3 N–H and O–H groups in total. The van der Waals surface area contributed by atoms with Crippen LogP contribution in [-0.2, 0) is 14.3 Å². The summed E-state index contributed by atoms with van der Waals surface area (Å²) < 4.78 is 12.0. The van der Waals surface area contributed by atoms with E-state index in [-0.39, 0.29) is 18.3 Å². The number of carbonyl (C=O) groups excluding carboxylic acids is 1. The zero-order valence-corrected chi connectivity index (χ0v) is 17.8. The van der Waals surface area contributed by atoms with E-state index in [2.05, 4.69) is 20.4 Å². The van der Waals surface area contributed by atoms with Gasteiger partial charge in [-0.25, -0.2) is 0 Å². The molecule has 3 fully saturated rings. The van der Waals surface area contributed by atoms with Gasteiger partial charge in [-0.1, -0.05) is 20.4 Å². The molecule has 6 nitrogen and oxygen atoms in total. The molecule has 6 heteroatoms. The van der Waals surface area contributed by atoms with Crippen molar-refractivity contribution >= 4 is 5.97 Å². The highest BCUT2D eigenvalue weighted by Crippen LogP contribution is 2.60. The Kier molecular flexibility index (Phi) is 5.50. The Hall–Kier alpha value is -0.950. The van der Waals surface area contributed by atoms with E-state index >= 15 is 0 Å². The maximum atomic E-state index is 11.9. The second kappa shape index (κ2) is 7.08. The Labute approximate surface area is 167 Å². The third-order valence-corrected chi connectivity index (χ3v) is 7.40. The van der Waals surface area contributed by atoms with Gasteiger partial charge in [-0.3, -0.25) is 4.79 Å². The van der Waals surface area contributed by atoms with Crippen LogP contribution in [-0.4, -0.2) is 50.5 Å². The molecule has 8 unspecified atom stereocenters. The van der Waals surface area contributed by atoms with E-state index in [4.69, 9.17) is 9.47 Å². The highest BCUT2D eigenvalue weighted by atomic mass is 16.7. The molecule has 2 heterocycles. The zero-order chi connectivity index (χ0) is 21.1. The van der Waals surface area contributed by atoms with Crippen molar-refractivity contribution in [3.63, 3.8) is 0 Å². The quantitative estimate of drug-likeness (QED) is 0.490. The molecule has 3 rings (SSSR count). The van der Waals surface area contributed by atoms with Crippen LogP contribution >= 0.6 is 0 Å². The fourth-order valence-corrected chi connectivity index (χ4v) is 6.14. The Morgan fingerprint density at radius 3 is 2.46 bits per heavy atom. The summed E-state index contributed by atoms with van der Waals surface area (Å²) in [5.41, 5.74) is -1.65. The Morgan fingerprint density at radius 1 is 1.25 bits per heavy atom. The monoisotopic (exact) mass is 396 g/mol. The Balaban J connectivity index is 2.15. The molecule has 1 saturated carbocycles. The Bertz CT molecular complexity index is 643. The largest absolute Gasteiger partial charge is 0.459 e. The van der Waals surface area contributed by atoms with Crippen molar-refractivity contribution in [1.29, 1.82) is 0 Å². The summed E-state index contributed by atoms with van der Waals surface area (Å²) in [6.07, 6.45) is 0.789. The van der Waals surface area contributed by atoms with Crippen molar-refractivity contribution in [1.82, 2.24) is 0 Å². The molecule has 0 aromatic heterocycles. The first-order valence-corrected chi connectivity index (χ1v) is 10.5. The number of aliphatic hydroxyl groups is 3. The van der Waals surface area contributed by atoms with E-state index in [1.54, 1.807) is 6.92 Å². The number of ether oxygens (including phenoxy) is 2. The van der Waals surface area contributed by atoms with Crippen LogP contribution in [0.1, 0.15) is 66.7 Å². The van der Waals surface area contributed by atoms with Crippen LogP contribution in [0.25, 0.3) is 0 Å². The molecular formula is C22H36O6. The molecule has 2 saturated heterocycles. The highest BCUT2D eigenvalue weighted by Gasteiger charge is 2.68. The normalized spacial score (nSPS) is 49.2. The lowest BCUT2D eigenvalue weighted by molar-refractivity contribution is -0.258. The molecule has 8 atom stereocenters. The lowest BCUT2D eigenvalue weighted by Crippen LogP contribution is -2.58. The van der Waals surface area contributed by atoms with E-state index in [9.17, 15) is 20.1 Å². The minimum atomic E-state index is -1.65. The average molecular weight is 397 g/mol. The number of hydrogen-bond donors (Lipinski definition) is 3. The zero-order valence-electron chi connectivity index (χ0n) is 17.8. The van der Waals surface area contributed by atoms with Crippen LogP contribution in [0, 0.1) is 23.7 Å². The number of hydrogen-bond acceptors (Lipinski definition) is 6. The standard InChI is InChI=1S/C22H36O6/c1-12(2)15-7-10-21(6,27-14(4)23)18-17(15)19-20(5,25)9-8-16(24)13(3)11-22(18,26)28-19/h12,15-19,24-26H,3,7-11H2,1-2,4-6H3. The van der Waals surface area contributed by atoms with Crippen LogP contribution in [0.3, 0.4) is 0 Å². The first-order chi connectivity index (χ1) is 12.8. The summed E-state index contributed by atoms with van der Waals surface area (Å²) in [5, 5.41) is 33.5. The fourth-order valence-electron chi connectivity index (χ4n) is 6.14. The lowest BCUT2D eigenvalue weighted by Gasteiger charge is -2.51. The second-order valence-corrected chi connectivity index (χ2v) is 10.0. The van der Waals surface area contributed by atoms with E-state index in [0.717, 1.165) is 6.42 Å². The van der Waals surface area contributed by atoms with Crippen LogP contribution in [0.4, 0.5) is 0 Å². The summed E-state index contributed by atoms with van der Waals surface area (Å²) >= 11 is 0. The van der Waals surface area contributed by atoms with E-state index in [0.29, 0.717) is 30.8 Å². The molecule has 2 aliphatic heterocycles. The predicted octanol–water partition coefficient (Wildman–Crippen LogP) is 2.55. The van der Waals surface area contributed by atoms with Crippen LogP contribution in [0.2, 0.25) is 0 Å². The van der Waals surface area contributed by atoms with Gasteiger partial charge in [-0.2, -0.15) is 0 Å². The van der Waals surface area contributed by atoms with Gasteiger partial charge in [0.05, 0.1) is 23.7 Å². The molecule has 28 heavy (non-hydrogen) atoms. The van der Waals surface area contributed by atoms with Crippen LogP contribution in [0.5, 0.6) is 0 Å². The maximum Gasteiger partial charge on any atom is 0.303 e. The molecule has 0 aromatic carbocycles. The predicted molar refractivity (Wildman–Crippen MR) is 104 cm³/mol. The molecule has 160 valence electrons. The third kappa shape index (κ3) is 3.53. The summed E-state index contributed by atoms with van der Waals surface area (Å²) in [5.74, 6) is -2.18. The molecule has 2 bridgehead atoms. The van der Waals surface area contributed by atoms with Gasteiger partial charge < -0.3 is 24.8 Å². The van der Waals surface area contributed by atoms with Gasteiger partial charge in [0.15, 0.2) is 5.79 Å². The van der Waals surface area contributed by atoms with Crippen LogP contribution in [0.15, 0.2) is 12.2 Å². The van der Waals surface area contributed by atoms with Gasteiger partial charge in [0, 0.05) is 19.3 Å². The SMILES string of the molecule is C=C1CC2(O)OC(C3C(C(C)C)CCC(C)(OC(C)=O)C32)C(C)(O)CCC1O. The van der Waals surface area contributed by atoms with Crippen molar-refractivity contribution in [2.45, 2.75) is 95.9 Å². The van der Waals surface area contributed by atoms with E-state index in [1.165, 1.54) is 6.92 Å². The lowest BCUT2D eigenvalue weighted by atomic mass is 9.57. The number of esters is 1. The number of carbonyl (C=O) groups is 1. The van der Waals surface area contributed by atoms with E-state index in [1.807, 2.05) is 6.92 Å². The van der Waals surface area contributed by atoms with Gasteiger partial charge in [-0.05, 0) is 56.9 Å². The first-order valence-electron chi connectivity index (χ1n) is 10.5. The summed E-state index contributed by atoms with van der Waals surface area (Å²) in [4.78, 5) is 11.9. The maximum absolute atomic E-state index is 11.9. The molecule has 0 amide bonds. The highest BCUT2D eigenvalue weighted by molar-refractivity contribution is 5.66. The van der Waals surface area contributed by atoms with Gasteiger partial charge in [0.25, 0.3) is 0 Å². The van der Waals surface area contributed by atoms with Crippen molar-refractivity contribution in [3.8, 4) is 0 Å². The van der Waals surface area contributed by atoms with Crippen molar-refractivity contribution in [3.05, 3.63) is 12.2 Å². The average Bonchev–Trinajstić information content (AvgIpc) is 2.87. The van der Waals surface area contributed by atoms with Gasteiger partial charge >= 0.3 is 5.97 Å². The fraction of sp³-hybridized carbons (Fsp3) is 0.864.